The summed E-state index contributed by atoms with van der Waals surface area (Å²) in [4.78, 5) is 11.5. The summed E-state index contributed by atoms with van der Waals surface area (Å²) in [5.41, 5.74) is 0. The summed E-state index contributed by atoms with van der Waals surface area (Å²) in [6, 6.07) is 6.84. The van der Waals surface area contributed by atoms with Gasteiger partial charge in [0.05, 0.1) is 13.2 Å². The lowest BCUT2D eigenvalue weighted by molar-refractivity contribution is -0.339. The molecule has 2 aliphatic heterocycles. The van der Waals surface area contributed by atoms with Gasteiger partial charge >= 0.3 is 0 Å². The molecule has 12 nitrogen and oxygen atoms in total. The van der Waals surface area contributed by atoms with Crippen LogP contribution in [0, 0.1) is 4.91 Å². The topological polar surface area (TPSA) is 188 Å². The Balaban J connectivity index is 1.76. The number of nitrogens with zero attached hydrogens (tertiary/aromatic N) is 1. The van der Waals surface area contributed by atoms with E-state index in [1.807, 2.05) is 0 Å². The Labute approximate surface area is 171 Å². The minimum atomic E-state index is -1.75. The highest BCUT2D eigenvalue weighted by Gasteiger charge is 2.52. The van der Waals surface area contributed by atoms with Crippen molar-refractivity contribution in [3.63, 3.8) is 0 Å². The van der Waals surface area contributed by atoms with E-state index < -0.39 is 74.6 Å². The monoisotopic (exact) mass is 431 g/mol. The van der Waals surface area contributed by atoms with Gasteiger partial charge in [0, 0.05) is 0 Å². The third kappa shape index (κ3) is 4.61. The van der Waals surface area contributed by atoms with Gasteiger partial charge in [0.25, 0.3) is 0 Å². The summed E-state index contributed by atoms with van der Waals surface area (Å²) in [7, 11) is 0. The van der Waals surface area contributed by atoms with E-state index in [4.69, 9.17) is 18.9 Å². The van der Waals surface area contributed by atoms with Gasteiger partial charge in [-0.3, -0.25) is 0 Å². The van der Waals surface area contributed by atoms with E-state index in [2.05, 4.69) is 5.18 Å². The lowest BCUT2D eigenvalue weighted by atomic mass is 9.95. The Hall–Kier alpha value is -1.74. The van der Waals surface area contributed by atoms with E-state index in [0.717, 1.165) is 0 Å². The predicted molar refractivity (Wildman–Crippen MR) is 97.0 cm³/mol. The fraction of sp³-hybridized carbons (Fsp3) is 0.667. The maximum atomic E-state index is 11.5. The fourth-order valence-electron chi connectivity index (χ4n) is 3.41. The largest absolute Gasteiger partial charge is 0.462 e. The van der Waals surface area contributed by atoms with Crippen molar-refractivity contribution >= 4 is 0 Å². The summed E-state index contributed by atoms with van der Waals surface area (Å²) in [5.74, 6) is 0.344. The minimum Gasteiger partial charge on any atom is -0.462 e. The van der Waals surface area contributed by atoms with Crippen molar-refractivity contribution in [3.8, 4) is 5.75 Å². The van der Waals surface area contributed by atoms with E-state index in [-0.39, 0.29) is 0 Å². The Kier molecular flexibility index (Phi) is 7.68. The molecule has 168 valence electrons. The van der Waals surface area contributed by atoms with Crippen LogP contribution in [0.2, 0.25) is 0 Å². The molecule has 3 rings (SSSR count). The molecule has 2 fully saturated rings. The number of ether oxygens (including phenoxy) is 4. The van der Waals surface area contributed by atoms with Crippen LogP contribution in [0.15, 0.2) is 35.5 Å². The summed E-state index contributed by atoms with van der Waals surface area (Å²) in [6.07, 6.45) is -13.4. The van der Waals surface area contributed by atoms with Crippen LogP contribution in [0.3, 0.4) is 0 Å². The SMILES string of the molecule is O=NC1C(O)C(Oc2ccccc2)OC(CO)C1OC1OC(CO)C(O)C(O)C1O. The van der Waals surface area contributed by atoms with Crippen molar-refractivity contribution in [1.29, 1.82) is 0 Å². The number of benzene rings is 1. The molecule has 30 heavy (non-hydrogen) atoms. The molecule has 6 N–H and O–H groups in total. The maximum Gasteiger partial charge on any atom is 0.228 e. The molecule has 0 bridgehead atoms. The Bertz CT molecular complexity index is 677. The average molecular weight is 431 g/mol. The molecule has 1 aromatic carbocycles. The van der Waals surface area contributed by atoms with Crippen LogP contribution in [0.5, 0.6) is 5.75 Å². The molecule has 10 atom stereocenters. The second-order valence-electron chi connectivity index (χ2n) is 7.04. The first-order chi connectivity index (χ1) is 14.4. The summed E-state index contributed by atoms with van der Waals surface area (Å²) >= 11 is 0. The van der Waals surface area contributed by atoms with Gasteiger partial charge in [-0.25, -0.2) is 0 Å². The third-order valence-corrected chi connectivity index (χ3v) is 5.08. The van der Waals surface area contributed by atoms with Gasteiger partial charge in [-0.1, -0.05) is 23.4 Å². The molecule has 0 aliphatic carbocycles. The molecule has 12 heteroatoms. The highest BCUT2D eigenvalue weighted by molar-refractivity contribution is 5.21. The van der Waals surface area contributed by atoms with Crippen molar-refractivity contribution in [2.75, 3.05) is 13.2 Å². The average Bonchev–Trinajstić information content (AvgIpc) is 2.76. The predicted octanol–water partition coefficient (Wildman–Crippen LogP) is -2.54. The van der Waals surface area contributed by atoms with Gasteiger partial charge in [0.15, 0.2) is 12.3 Å². The van der Waals surface area contributed by atoms with Crippen LogP contribution in [0.4, 0.5) is 0 Å². The first-order valence-corrected chi connectivity index (χ1v) is 9.35. The standard InChI is InChI=1S/C18H25NO11/c20-6-9-12(22)14(24)15(25)18(28-9)30-16-10(7-21)29-17(13(23)11(16)19-26)27-8-4-2-1-3-5-8/h1-5,9-18,20-25H,6-7H2. The van der Waals surface area contributed by atoms with E-state index in [1.165, 1.54) is 0 Å². The second-order valence-corrected chi connectivity index (χ2v) is 7.04. The fourth-order valence-corrected chi connectivity index (χ4v) is 3.41. The summed E-state index contributed by atoms with van der Waals surface area (Å²) in [6.45, 7) is -1.34. The van der Waals surface area contributed by atoms with E-state index >= 15 is 0 Å². The zero-order valence-electron chi connectivity index (χ0n) is 15.7. The van der Waals surface area contributed by atoms with Crippen LogP contribution in [-0.2, 0) is 14.2 Å². The normalized spacial score (nSPS) is 41.9. The number of hydrogen-bond donors (Lipinski definition) is 6. The smallest absolute Gasteiger partial charge is 0.228 e. The van der Waals surface area contributed by atoms with Gasteiger partial charge in [0.2, 0.25) is 6.29 Å². The molecule has 1 aromatic rings. The quantitative estimate of drug-likeness (QED) is 0.250. The van der Waals surface area contributed by atoms with Gasteiger partial charge in [-0.05, 0) is 12.1 Å². The first-order valence-electron chi connectivity index (χ1n) is 9.35. The number of aliphatic hydroxyl groups is 6. The van der Waals surface area contributed by atoms with Crippen LogP contribution in [-0.4, -0.2) is 105 Å². The molecule has 0 aromatic heterocycles. The van der Waals surface area contributed by atoms with E-state index in [0.29, 0.717) is 5.75 Å². The number of hydrogen-bond acceptors (Lipinski definition) is 12. The van der Waals surface area contributed by atoms with E-state index in [9.17, 15) is 35.5 Å². The molecule has 2 aliphatic rings. The molecule has 2 heterocycles. The molecular weight excluding hydrogens is 406 g/mol. The van der Waals surface area contributed by atoms with Crippen LogP contribution in [0.25, 0.3) is 0 Å². The molecule has 0 radical (unpaired) electrons. The molecule has 0 saturated carbocycles. The number of para-hydroxylation sites is 1. The van der Waals surface area contributed by atoms with Crippen molar-refractivity contribution in [2.45, 2.75) is 61.3 Å². The summed E-state index contributed by atoms with van der Waals surface area (Å²) < 4.78 is 21.8. The number of nitroso groups, excluding NO2 is 1. The van der Waals surface area contributed by atoms with Gasteiger partial charge in [0.1, 0.15) is 48.5 Å². The van der Waals surface area contributed by atoms with Gasteiger partial charge in [-0.15, -0.1) is 0 Å². The summed E-state index contributed by atoms with van der Waals surface area (Å²) in [5, 5.41) is 62.3. The van der Waals surface area contributed by atoms with Crippen LogP contribution >= 0.6 is 0 Å². The Morgan fingerprint density at radius 1 is 0.833 bits per heavy atom. The highest BCUT2D eigenvalue weighted by Crippen LogP contribution is 2.31. The zero-order chi connectivity index (χ0) is 21.8. The zero-order valence-corrected chi connectivity index (χ0v) is 15.7. The Morgan fingerprint density at radius 2 is 1.47 bits per heavy atom. The third-order valence-electron chi connectivity index (χ3n) is 5.08. The highest BCUT2D eigenvalue weighted by atomic mass is 16.7. The number of aliphatic hydroxyl groups excluding tert-OH is 6. The first kappa shape index (κ1) is 22.9. The van der Waals surface area contributed by atoms with E-state index in [1.54, 1.807) is 30.3 Å². The molecule has 0 amide bonds. The number of rotatable bonds is 7. The molecule has 10 unspecified atom stereocenters. The van der Waals surface area contributed by atoms with Gasteiger partial charge in [-0.2, -0.15) is 4.91 Å². The van der Waals surface area contributed by atoms with Crippen molar-refractivity contribution in [2.24, 2.45) is 5.18 Å². The Morgan fingerprint density at radius 3 is 2.07 bits per heavy atom. The second kappa shape index (κ2) is 10.0. The molecule has 2 saturated heterocycles. The van der Waals surface area contributed by atoms with Crippen molar-refractivity contribution < 1.29 is 49.6 Å². The van der Waals surface area contributed by atoms with Crippen molar-refractivity contribution in [1.82, 2.24) is 0 Å². The van der Waals surface area contributed by atoms with Gasteiger partial charge < -0.3 is 49.6 Å². The lowest BCUT2D eigenvalue weighted by Crippen LogP contribution is -2.64. The lowest BCUT2D eigenvalue weighted by Gasteiger charge is -2.45. The van der Waals surface area contributed by atoms with Crippen molar-refractivity contribution in [3.05, 3.63) is 35.2 Å². The maximum absolute atomic E-state index is 11.5. The molecule has 0 spiro atoms. The minimum absolute atomic E-state index is 0.344. The van der Waals surface area contributed by atoms with Crippen LogP contribution < -0.4 is 4.74 Å². The molecular formula is C18H25NO11. The van der Waals surface area contributed by atoms with Crippen LogP contribution in [0.1, 0.15) is 0 Å².